The van der Waals surface area contributed by atoms with Gasteiger partial charge in [0.1, 0.15) is 5.82 Å². The van der Waals surface area contributed by atoms with Crippen LogP contribution in [-0.4, -0.2) is 34.7 Å². The maximum atomic E-state index is 14.2. The number of ether oxygens (including phenoxy) is 1. The zero-order valence-corrected chi connectivity index (χ0v) is 19.3. The molecule has 0 bridgehead atoms. The standard InChI is InChI=1S/C25H26F2N4O3/c1-4-5-6-12-31-15(2)21(22(28-25(31)32)16-8-7-9-18(26)13-16)24-29-23(30-34-24)17-10-11-20(33-3)19(27)14-17/h7-11,13-14,22H,4-6,12H2,1-3H3,(H,28,32). The zero-order valence-electron chi connectivity index (χ0n) is 19.3. The van der Waals surface area contributed by atoms with Crippen molar-refractivity contribution in [3.63, 3.8) is 0 Å². The third-order valence-electron chi connectivity index (χ3n) is 5.83. The van der Waals surface area contributed by atoms with E-state index in [0.717, 1.165) is 19.3 Å². The molecule has 1 aliphatic heterocycles. The molecule has 1 aliphatic rings. The van der Waals surface area contributed by atoms with Crippen LogP contribution in [0.15, 0.2) is 52.7 Å². The van der Waals surface area contributed by atoms with E-state index in [2.05, 4.69) is 22.4 Å². The van der Waals surface area contributed by atoms with E-state index in [9.17, 15) is 13.6 Å². The molecule has 7 nitrogen and oxygen atoms in total. The summed E-state index contributed by atoms with van der Waals surface area (Å²) in [5.74, 6) is -0.516. The molecule has 0 saturated carbocycles. The summed E-state index contributed by atoms with van der Waals surface area (Å²) < 4.78 is 38.8. The van der Waals surface area contributed by atoms with E-state index in [1.165, 1.54) is 31.4 Å². The molecule has 2 heterocycles. The van der Waals surface area contributed by atoms with Crippen molar-refractivity contribution in [2.45, 2.75) is 39.2 Å². The third kappa shape index (κ3) is 4.64. The molecule has 1 aromatic heterocycles. The summed E-state index contributed by atoms with van der Waals surface area (Å²) in [5, 5.41) is 6.97. The van der Waals surface area contributed by atoms with Gasteiger partial charge in [-0.1, -0.05) is 37.1 Å². The Kier molecular flexibility index (Phi) is 6.90. The normalized spacial score (nSPS) is 16.1. The number of urea groups is 1. The van der Waals surface area contributed by atoms with Crippen LogP contribution in [0.1, 0.15) is 50.6 Å². The highest BCUT2D eigenvalue weighted by Gasteiger charge is 2.35. The highest BCUT2D eigenvalue weighted by molar-refractivity contribution is 5.86. The summed E-state index contributed by atoms with van der Waals surface area (Å²) in [6, 6.07) is 9.42. The van der Waals surface area contributed by atoms with Gasteiger partial charge in [0.15, 0.2) is 11.6 Å². The zero-order chi connectivity index (χ0) is 24.2. The lowest BCUT2D eigenvalue weighted by atomic mass is 9.94. The van der Waals surface area contributed by atoms with Gasteiger partial charge in [-0.15, -0.1) is 0 Å². The Labute approximate surface area is 196 Å². The Hall–Kier alpha value is -3.75. The molecule has 0 fully saturated rings. The molecule has 34 heavy (non-hydrogen) atoms. The van der Waals surface area contributed by atoms with Gasteiger partial charge in [0.2, 0.25) is 5.82 Å². The number of carbonyl (C=O) groups excluding carboxylic acids is 1. The number of allylic oxidation sites excluding steroid dienone is 1. The van der Waals surface area contributed by atoms with Crippen LogP contribution in [0.3, 0.4) is 0 Å². The average molecular weight is 469 g/mol. The fraction of sp³-hybridized carbons (Fsp3) is 0.320. The van der Waals surface area contributed by atoms with Crippen LogP contribution >= 0.6 is 0 Å². The van der Waals surface area contributed by atoms with Crippen LogP contribution in [-0.2, 0) is 0 Å². The number of unbranched alkanes of at least 4 members (excludes halogenated alkanes) is 2. The van der Waals surface area contributed by atoms with E-state index in [4.69, 9.17) is 9.26 Å². The minimum Gasteiger partial charge on any atom is -0.494 e. The first kappa shape index (κ1) is 23.4. The van der Waals surface area contributed by atoms with Crippen LogP contribution in [0, 0.1) is 11.6 Å². The maximum Gasteiger partial charge on any atom is 0.322 e. The van der Waals surface area contributed by atoms with Crippen molar-refractivity contribution >= 4 is 11.6 Å². The number of rotatable bonds is 8. The quantitative estimate of drug-likeness (QED) is 0.428. The second kappa shape index (κ2) is 10.0. The lowest BCUT2D eigenvalue weighted by molar-refractivity contribution is 0.204. The van der Waals surface area contributed by atoms with Crippen molar-refractivity contribution in [3.05, 3.63) is 71.3 Å². The van der Waals surface area contributed by atoms with Crippen LogP contribution in [0.25, 0.3) is 17.0 Å². The Morgan fingerprint density at radius 3 is 2.71 bits per heavy atom. The van der Waals surface area contributed by atoms with Crippen molar-refractivity contribution in [1.82, 2.24) is 20.4 Å². The number of nitrogens with zero attached hydrogens (tertiary/aromatic N) is 3. The predicted octanol–water partition coefficient (Wildman–Crippen LogP) is 5.71. The number of hydrogen-bond acceptors (Lipinski definition) is 5. The van der Waals surface area contributed by atoms with Gasteiger partial charge < -0.3 is 14.6 Å². The second-order valence-electron chi connectivity index (χ2n) is 8.07. The lowest BCUT2D eigenvalue weighted by Crippen LogP contribution is -2.46. The Morgan fingerprint density at radius 1 is 1.18 bits per heavy atom. The first-order chi connectivity index (χ1) is 16.4. The van der Waals surface area contributed by atoms with Gasteiger partial charge in [-0.25, -0.2) is 13.6 Å². The number of aromatic nitrogens is 2. The lowest BCUT2D eigenvalue weighted by Gasteiger charge is -2.35. The molecule has 1 N–H and O–H groups in total. The molecule has 2 aromatic carbocycles. The van der Waals surface area contributed by atoms with Crippen LogP contribution in [0.5, 0.6) is 5.75 Å². The van der Waals surface area contributed by atoms with E-state index in [0.29, 0.717) is 28.9 Å². The summed E-state index contributed by atoms with van der Waals surface area (Å²) in [5.41, 5.74) is 2.17. The van der Waals surface area contributed by atoms with Crippen molar-refractivity contribution < 1.29 is 22.8 Å². The van der Waals surface area contributed by atoms with Crippen LogP contribution in [0.4, 0.5) is 13.6 Å². The Bertz CT molecular complexity index is 1220. The second-order valence-corrected chi connectivity index (χ2v) is 8.07. The van der Waals surface area contributed by atoms with Gasteiger partial charge in [0, 0.05) is 17.8 Å². The summed E-state index contributed by atoms with van der Waals surface area (Å²) >= 11 is 0. The minimum absolute atomic E-state index is 0.106. The van der Waals surface area contributed by atoms with E-state index in [-0.39, 0.29) is 23.5 Å². The summed E-state index contributed by atoms with van der Waals surface area (Å²) in [4.78, 5) is 19.1. The average Bonchev–Trinajstić information content (AvgIpc) is 3.30. The first-order valence-electron chi connectivity index (χ1n) is 11.1. The molecule has 1 unspecified atom stereocenters. The number of halogens is 2. The van der Waals surface area contributed by atoms with Gasteiger partial charge in [0.25, 0.3) is 5.89 Å². The SMILES string of the molecule is CCCCCN1C(=O)NC(c2cccc(F)c2)C(c2nc(-c3ccc(OC)c(F)c3)no2)=C1C. The summed E-state index contributed by atoms with van der Waals surface area (Å²) in [6.45, 7) is 4.42. The molecule has 4 rings (SSSR count). The topological polar surface area (TPSA) is 80.5 Å². The van der Waals surface area contributed by atoms with Crippen LogP contribution < -0.4 is 10.1 Å². The number of nitrogens with one attached hydrogen (secondary N) is 1. The highest BCUT2D eigenvalue weighted by atomic mass is 19.1. The molecule has 0 aliphatic carbocycles. The smallest absolute Gasteiger partial charge is 0.322 e. The molecule has 0 radical (unpaired) electrons. The maximum absolute atomic E-state index is 14.2. The molecule has 0 saturated heterocycles. The van der Waals surface area contributed by atoms with E-state index < -0.39 is 17.7 Å². The van der Waals surface area contributed by atoms with E-state index in [1.54, 1.807) is 23.1 Å². The van der Waals surface area contributed by atoms with Gasteiger partial charge >= 0.3 is 6.03 Å². The number of hydrogen-bond donors (Lipinski definition) is 1. The number of carbonyl (C=O) groups is 1. The van der Waals surface area contributed by atoms with Crippen molar-refractivity contribution in [1.29, 1.82) is 0 Å². The molecular formula is C25H26F2N4O3. The first-order valence-corrected chi connectivity index (χ1v) is 11.1. The minimum atomic E-state index is -0.688. The molecule has 2 amide bonds. The monoisotopic (exact) mass is 468 g/mol. The Balaban J connectivity index is 1.77. The van der Waals surface area contributed by atoms with Gasteiger partial charge in [-0.05, 0) is 49.2 Å². The third-order valence-corrected chi connectivity index (χ3v) is 5.83. The summed E-state index contributed by atoms with van der Waals surface area (Å²) in [6.07, 6.45) is 2.83. The molecule has 1 atom stereocenters. The van der Waals surface area contributed by atoms with Gasteiger partial charge in [0.05, 0.1) is 18.7 Å². The number of benzene rings is 2. The van der Waals surface area contributed by atoms with Crippen molar-refractivity contribution in [3.8, 4) is 17.1 Å². The van der Waals surface area contributed by atoms with Gasteiger partial charge in [-0.3, -0.25) is 4.90 Å². The Morgan fingerprint density at radius 2 is 2.00 bits per heavy atom. The fourth-order valence-electron chi connectivity index (χ4n) is 4.04. The molecule has 3 aromatic rings. The predicted molar refractivity (Wildman–Crippen MR) is 123 cm³/mol. The van der Waals surface area contributed by atoms with E-state index in [1.807, 2.05) is 6.92 Å². The molecular weight excluding hydrogens is 442 g/mol. The highest BCUT2D eigenvalue weighted by Crippen LogP contribution is 2.37. The van der Waals surface area contributed by atoms with Crippen molar-refractivity contribution in [2.24, 2.45) is 0 Å². The molecule has 178 valence electrons. The number of amides is 2. The summed E-state index contributed by atoms with van der Waals surface area (Å²) in [7, 11) is 1.38. The van der Waals surface area contributed by atoms with Crippen molar-refractivity contribution in [2.75, 3.05) is 13.7 Å². The van der Waals surface area contributed by atoms with Crippen LogP contribution in [0.2, 0.25) is 0 Å². The van der Waals surface area contributed by atoms with Gasteiger partial charge in [-0.2, -0.15) is 4.98 Å². The van der Waals surface area contributed by atoms with E-state index >= 15 is 0 Å². The largest absolute Gasteiger partial charge is 0.494 e. The fourth-order valence-corrected chi connectivity index (χ4v) is 4.04. The molecule has 9 heteroatoms. The molecule has 0 spiro atoms. The number of methoxy groups -OCH3 is 1.